The molecule has 3 heteroatoms. The molecule has 2 aromatic heterocycles. The van der Waals surface area contributed by atoms with E-state index in [1.165, 1.54) is 43.6 Å². The molecule has 0 aromatic carbocycles. The van der Waals surface area contributed by atoms with Crippen molar-refractivity contribution in [2.24, 2.45) is 23.7 Å². The van der Waals surface area contributed by atoms with E-state index in [4.69, 9.17) is 4.98 Å². The van der Waals surface area contributed by atoms with E-state index in [0.29, 0.717) is 0 Å². The monoisotopic (exact) mass is 281 g/mol. The Morgan fingerprint density at radius 2 is 1.95 bits per heavy atom. The van der Waals surface area contributed by atoms with Crippen molar-refractivity contribution in [1.29, 1.82) is 0 Å². The molecule has 3 heterocycles. The van der Waals surface area contributed by atoms with Crippen molar-refractivity contribution < 1.29 is 0 Å². The molecule has 0 radical (unpaired) electrons. The van der Waals surface area contributed by atoms with Crippen LogP contribution in [-0.4, -0.2) is 27.4 Å². The fourth-order valence-electron chi connectivity index (χ4n) is 5.41. The molecule has 1 saturated heterocycles. The first-order valence-corrected chi connectivity index (χ1v) is 8.43. The van der Waals surface area contributed by atoms with Gasteiger partial charge in [0.2, 0.25) is 0 Å². The predicted molar refractivity (Wildman–Crippen MR) is 83.0 cm³/mol. The first-order valence-electron chi connectivity index (χ1n) is 8.43. The van der Waals surface area contributed by atoms with E-state index in [-0.39, 0.29) is 0 Å². The van der Waals surface area contributed by atoms with Gasteiger partial charge in [0.1, 0.15) is 5.65 Å². The molecule has 110 valence electrons. The van der Waals surface area contributed by atoms with E-state index in [0.717, 1.165) is 35.9 Å². The van der Waals surface area contributed by atoms with Crippen molar-refractivity contribution in [1.82, 2.24) is 14.3 Å². The van der Waals surface area contributed by atoms with Crippen molar-refractivity contribution >= 4 is 5.65 Å². The zero-order chi connectivity index (χ0) is 14.0. The van der Waals surface area contributed by atoms with E-state index in [9.17, 15) is 0 Å². The highest BCUT2D eigenvalue weighted by molar-refractivity contribution is 5.47. The Balaban J connectivity index is 1.37. The molecule has 21 heavy (non-hydrogen) atoms. The standard InChI is InChI=1S/C18H23N3/c1-12-3-2-6-21-9-15(19-18(12)21)8-20-10-16-13-4-5-14(7-13)17(16)11-20/h2-3,6,9,13-14,16-17H,4-5,7-8,10-11H2,1H3/t13-,14+,16-,17+. The molecule has 2 bridgehead atoms. The number of rotatable bonds is 2. The van der Waals surface area contributed by atoms with E-state index >= 15 is 0 Å². The van der Waals surface area contributed by atoms with Gasteiger partial charge in [-0.25, -0.2) is 4.98 Å². The van der Waals surface area contributed by atoms with E-state index < -0.39 is 0 Å². The molecule has 0 spiro atoms. The molecule has 2 saturated carbocycles. The van der Waals surface area contributed by atoms with Gasteiger partial charge in [0.05, 0.1) is 5.69 Å². The van der Waals surface area contributed by atoms with Crippen LogP contribution in [0, 0.1) is 30.6 Å². The Kier molecular flexibility index (Phi) is 2.52. The van der Waals surface area contributed by atoms with Crippen molar-refractivity contribution in [3.05, 3.63) is 35.8 Å². The second-order valence-electron chi connectivity index (χ2n) is 7.51. The van der Waals surface area contributed by atoms with Gasteiger partial charge in [-0.05, 0) is 61.5 Å². The van der Waals surface area contributed by atoms with Gasteiger partial charge in [-0.15, -0.1) is 0 Å². The highest BCUT2D eigenvalue weighted by Crippen LogP contribution is 2.55. The van der Waals surface area contributed by atoms with E-state index in [1.807, 2.05) is 0 Å². The quantitative estimate of drug-likeness (QED) is 0.843. The largest absolute Gasteiger partial charge is 0.307 e. The summed E-state index contributed by atoms with van der Waals surface area (Å²) in [6.07, 6.45) is 8.88. The summed E-state index contributed by atoms with van der Waals surface area (Å²) in [5, 5.41) is 0. The van der Waals surface area contributed by atoms with Gasteiger partial charge in [0.25, 0.3) is 0 Å². The smallest absolute Gasteiger partial charge is 0.139 e. The maximum atomic E-state index is 4.84. The highest BCUT2D eigenvalue weighted by Gasteiger charge is 2.51. The molecule has 5 rings (SSSR count). The molecular formula is C18H23N3. The molecule has 3 nitrogen and oxygen atoms in total. The summed E-state index contributed by atoms with van der Waals surface area (Å²) in [5.41, 5.74) is 3.61. The van der Waals surface area contributed by atoms with Gasteiger partial charge in [0.15, 0.2) is 0 Å². The summed E-state index contributed by atoms with van der Waals surface area (Å²) >= 11 is 0. The zero-order valence-corrected chi connectivity index (χ0v) is 12.7. The number of nitrogens with zero attached hydrogens (tertiary/aromatic N) is 3. The number of fused-ring (bicyclic) bond motifs is 6. The average Bonchev–Trinajstić information content (AvgIpc) is 3.18. The molecular weight excluding hydrogens is 258 g/mol. The summed E-state index contributed by atoms with van der Waals surface area (Å²) in [6.45, 7) is 5.81. The summed E-state index contributed by atoms with van der Waals surface area (Å²) in [6, 6.07) is 4.25. The zero-order valence-electron chi connectivity index (χ0n) is 12.7. The minimum absolute atomic E-state index is 1.00. The average molecular weight is 281 g/mol. The van der Waals surface area contributed by atoms with Crippen LogP contribution in [0.4, 0.5) is 0 Å². The minimum atomic E-state index is 1.00. The molecule has 0 amide bonds. The van der Waals surface area contributed by atoms with Crippen LogP contribution in [0.2, 0.25) is 0 Å². The first-order chi connectivity index (χ1) is 10.3. The number of hydrogen-bond donors (Lipinski definition) is 0. The summed E-state index contributed by atoms with van der Waals surface area (Å²) < 4.78 is 2.17. The number of hydrogen-bond acceptors (Lipinski definition) is 2. The van der Waals surface area contributed by atoms with E-state index in [2.05, 4.69) is 40.8 Å². The van der Waals surface area contributed by atoms with Gasteiger partial charge >= 0.3 is 0 Å². The number of likely N-dealkylation sites (tertiary alicyclic amines) is 1. The molecule has 3 fully saturated rings. The maximum absolute atomic E-state index is 4.84. The third-order valence-corrected chi connectivity index (χ3v) is 6.33. The molecule has 2 aliphatic carbocycles. The Morgan fingerprint density at radius 3 is 2.67 bits per heavy atom. The van der Waals surface area contributed by atoms with Crippen molar-refractivity contribution in [2.45, 2.75) is 32.7 Å². The predicted octanol–water partition coefficient (Wildman–Crippen LogP) is 3.12. The van der Waals surface area contributed by atoms with Gasteiger partial charge in [-0.2, -0.15) is 0 Å². The molecule has 4 atom stereocenters. The molecule has 0 N–H and O–H groups in total. The number of imidazole rings is 1. The second kappa shape index (κ2) is 4.33. The van der Waals surface area contributed by atoms with Gasteiger partial charge in [-0.3, -0.25) is 4.90 Å². The fourth-order valence-corrected chi connectivity index (χ4v) is 5.41. The summed E-state index contributed by atoms with van der Waals surface area (Å²) in [5.74, 6) is 4.10. The Hall–Kier alpha value is -1.35. The van der Waals surface area contributed by atoms with Crippen LogP contribution in [0.3, 0.4) is 0 Å². The Labute approximate surface area is 126 Å². The van der Waals surface area contributed by atoms with Crippen molar-refractivity contribution in [3.63, 3.8) is 0 Å². The lowest BCUT2D eigenvalue weighted by atomic mass is 9.82. The second-order valence-corrected chi connectivity index (χ2v) is 7.51. The highest BCUT2D eigenvalue weighted by atomic mass is 15.2. The molecule has 2 aromatic rings. The topological polar surface area (TPSA) is 20.5 Å². The van der Waals surface area contributed by atoms with Crippen LogP contribution in [0.5, 0.6) is 0 Å². The van der Waals surface area contributed by atoms with Crippen LogP contribution >= 0.6 is 0 Å². The Morgan fingerprint density at radius 1 is 1.19 bits per heavy atom. The normalized spacial score (nSPS) is 34.9. The molecule has 0 unspecified atom stereocenters. The van der Waals surface area contributed by atoms with Crippen LogP contribution in [0.15, 0.2) is 24.5 Å². The van der Waals surface area contributed by atoms with E-state index in [1.54, 1.807) is 0 Å². The van der Waals surface area contributed by atoms with Gasteiger partial charge in [0, 0.05) is 32.0 Å². The lowest BCUT2D eigenvalue weighted by Crippen LogP contribution is -2.22. The van der Waals surface area contributed by atoms with Crippen molar-refractivity contribution in [3.8, 4) is 0 Å². The molecule has 1 aliphatic heterocycles. The molecule has 3 aliphatic rings. The fraction of sp³-hybridized carbons (Fsp3) is 0.611. The van der Waals surface area contributed by atoms with Crippen LogP contribution in [0.25, 0.3) is 5.65 Å². The van der Waals surface area contributed by atoms with Gasteiger partial charge < -0.3 is 4.40 Å². The van der Waals surface area contributed by atoms with Crippen LogP contribution in [0.1, 0.15) is 30.5 Å². The number of aryl methyl sites for hydroxylation is 1. The summed E-state index contributed by atoms with van der Waals surface area (Å²) in [7, 11) is 0. The third kappa shape index (κ3) is 1.80. The van der Waals surface area contributed by atoms with Crippen LogP contribution in [-0.2, 0) is 6.54 Å². The number of pyridine rings is 1. The lowest BCUT2D eigenvalue weighted by Gasteiger charge is -2.22. The SMILES string of the molecule is Cc1cccn2cc(CN3C[C@@H]4[C@@H]5CC[C@@H](C5)[C@@H]4C3)nc12. The Bertz CT molecular complexity index is 671. The first kappa shape index (κ1) is 12.2. The lowest BCUT2D eigenvalue weighted by molar-refractivity contribution is 0.281. The van der Waals surface area contributed by atoms with Crippen LogP contribution < -0.4 is 0 Å². The van der Waals surface area contributed by atoms with Gasteiger partial charge in [-0.1, -0.05) is 6.07 Å². The number of aromatic nitrogens is 2. The van der Waals surface area contributed by atoms with Crippen molar-refractivity contribution in [2.75, 3.05) is 13.1 Å². The maximum Gasteiger partial charge on any atom is 0.139 e. The third-order valence-electron chi connectivity index (χ3n) is 6.33. The summed E-state index contributed by atoms with van der Waals surface area (Å²) in [4.78, 5) is 7.51. The minimum Gasteiger partial charge on any atom is -0.307 e.